The molecule has 1 unspecified atom stereocenters. The van der Waals surface area contributed by atoms with Crippen LogP contribution in [0.3, 0.4) is 0 Å². The minimum atomic E-state index is 0.147. The molecule has 1 atom stereocenters. The first kappa shape index (κ1) is 14.6. The maximum atomic E-state index is 6.16. The molecule has 0 aliphatic heterocycles. The number of para-hydroxylation sites is 1. The lowest BCUT2D eigenvalue weighted by atomic mass is 10.1. The van der Waals surface area contributed by atoms with Crippen LogP contribution < -0.4 is 5.32 Å². The number of anilines is 1. The van der Waals surface area contributed by atoms with Crippen LogP contribution in [0, 0.1) is 0 Å². The Bertz CT molecular complexity index is 534. The third-order valence-corrected chi connectivity index (χ3v) is 4.31. The van der Waals surface area contributed by atoms with Gasteiger partial charge in [0.1, 0.15) is 0 Å². The van der Waals surface area contributed by atoms with Gasteiger partial charge in [0.2, 0.25) is 0 Å². The summed E-state index contributed by atoms with van der Waals surface area (Å²) >= 11 is 14.1. The Morgan fingerprint density at radius 3 is 2.11 bits per heavy atom. The molecule has 0 aliphatic rings. The van der Waals surface area contributed by atoms with Gasteiger partial charge in [-0.15, -0.1) is 11.8 Å². The van der Waals surface area contributed by atoms with E-state index in [0.29, 0.717) is 10.0 Å². The molecule has 2 aromatic carbocycles. The normalized spacial score (nSPS) is 12.2. The van der Waals surface area contributed by atoms with E-state index in [1.807, 2.05) is 18.2 Å². The monoisotopic (exact) mass is 311 g/mol. The maximum Gasteiger partial charge on any atom is 0.0723 e. The van der Waals surface area contributed by atoms with Crippen molar-refractivity contribution < 1.29 is 0 Å². The van der Waals surface area contributed by atoms with E-state index in [9.17, 15) is 0 Å². The van der Waals surface area contributed by atoms with Gasteiger partial charge in [-0.1, -0.05) is 41.4 Å². The number of thioether (sulfide) groups is 1. The molecule has 19 heavy (non-hydrogen) atoms. The van der Waals surface area contributed by atoms with Gasteiger partial charge in [-0.25, -0.2) is 0 Å². The summed E-state index contributed by atoms with van der Waals surface area (Å²) in [5, 5.41) is 4.64. The molecular weight excluding hydrogens is 297 g/mol. The fourth-order valence-electron chi connectivity index (χ4n) is 1.83. The number of benzene rings is 2. The molecule has 1 nitrogen and oxygen atoms in total. The van der Waals surface area contributed by atoms with E-state index >= 15 is 0 Å². The largest absolute Gasteiger partial charge is 0.376 e. The molecule has 4 heteroatoms. The van der Waals surface area contributed by atoms with E-state index in [1.165, 1.54) is 10.5 Å². The highest BCUT2D eigenvalue weighted by Crippen LogP contribution is 2.33. The Balaban J connectivity index is 2.18. The molecule has 0 aliphatic carbocycles. The van der Waals surface area contributed by atoms with Gasteiger partial charge in [0.25, 0.3) is 0 Å². The molecule has 0 spiro atoms. The highest BCUT2D eigenvalue weighted by atomic mass is 35.5. The smallest absolute Gasteiger partial charge is 0.0723 e. The zero-order valence-corrected chi connectivity index (χ0v) is 13.1. The lowest BCUT2D eigenvalue weighted by Gasteiger charge is -2.18. The van der Waals surface area contributed by atoms with Crippen LogP contribution in [0.1, 0.15) is 18.5 Å². The first-order chi connectivity index (χ1) is 9.11. The number of rotatable bonds is 4. The Morgan fingerprint density at radius 2 is 1.58 bits per heavy atom. The van der Waals surface area contributed by atoms with Crippen molar-refractivity contribution in [2.75, 3.05) is 11.6 Å². The fourth-order valence-corrected chi connectivity index (χ4v) is 2.74. The number of hydrogen-bond acceptors (Lipinski definition) is 2. The summed E-state index contributed by atoms with van der Waals surface area (Å²) in [6.45, 7) is 2.09. The van der Waals surface area contributed by atoms with Gasteiger partial charge in [0.05, 0.1) is 15.7 Å². The van der Waals surface area contributed by atoms with Crippen LogP contribution in [0.4, 0.5) is 5.69 Å². The van der Waals surface area contributed by atoms with Crippen LogP contribution in [0.15, 0.2) is 47.4 Å². The highest BCUT2D eigenvalue weighted by Gasteiger charge is 2.10. The van der Waals surface area contributed by atoms with E-state index in [0.717, 1.165) is 5.69 Å². The molecule has 0 fully saturated rings. The summed E-state index contributed by atoms with van der Waals surface area (Å²) in [7, 11) is 0. The number of nitrogens with one attached hydrogen (secondary N) is 1. The van der Waals surface area contributed by atoms with Gasteiger partial charge in [-0.3, -0.25) is 0 Å². The maximum absolute atomic E-state index is 6.16. The Labute approximate surface area is 128 Å². The highest BCUT2D eigenvalue weighted by molar-refractivity contribution is 7.98. The van der Waals surface area contributed by atoms with E-state index in [-0.39, 0.29) is 6.04 Å². The Morgan fingerprint density at radius 1 is 1.00 bits per heavy atom. The summed E-state index contributed by atoms with van der Waals surface area (Å²) in [4.78, 5) is 1.26. The molecule has 0 heterocycles. The van der Waals surface area contributed by atoms with Crippen LogP contribution in [0.25, 0.3) is 0 Å². The van der Waals surface area contributed by atoms with Crippen molar-refractivity contribution in [3.63, 3.8) is 0 Å². The molecular formula is C15H15Cl2NS. The van der Waals surface area contributed by atoms with Gasteiger partial charge >= 0.3 is 0 Å². The molecule has 0 bridgehead atoms. The SMILES string of the molecule is CSc1ccc(C(C)Nc2c(Cl)cccc2Cl)cc1. The average molecular weight is 312 g/mol. The number of hydrogen-bond donors (Lipinski definition) is 1. The van der Waals surface area contributed by atoms with Gasteiger partial charge in [-0.2, -0.15) is 0 Å². The van der Waals surface area contributed by atoms with Crippen molar-refractivity contribution in [3.05, 3.63) is 58.1 Å². The minimum absolute atomic E-state index is 0.147. The van der Waals surface area contributed by atoms with Crippen molar-refractivity contribution in [3.8, 4) is 0 Å². The van der Waals surface area contributed by atoms with Gasteiger partial charge in [0, 0.05) is 10.9 Å². The third kappa shape index (κ3) is 3.59. The molecule has 0 saturated heterocycles. The summed E-state index contributed by atoms with van der Waals surface area (Å²) in [5.74, 6) is 0. The van der Waals surface area contributed by atoms with Gasteiger partial charge in [-0.05, 0) is 43.0 Å². The summed E-state index contributed by atoms with van der Waals surface area (Å²) < 4.78 is 0. The molecule has 0 radical (unpaired) electrons. The second-order valence-electron chi connectivity index (χ2n) is 4.24. The van der Waals surface area contributed by atoms with Crippen molar-refractivity contribution in [1.82, 2.24) is 0 Å². The Kier molecular flexibility index (Phi) is 5.03. The minimum Gasteiger partial charge on any atom is -0.376 e. The van der Waals surface area contributed by atoms with Crippen LogP contribution in [-0.4, -0.2) is 6.26 Å². The van der Waals surface area contributed by atoms with Gasteiger partial charge < -0.3 is 5.32 Å². The summed E-state index contributed by atoms with van der Waals surface area (Å²) in [6.07, 6.45) is 2.07. The fraction of sp³-hybridized carbons (Fsp3) is 0.200. The van der Waals surface area contributed by atoms with E-state index in [2.05, 4.69) is 42.8 Å². The van der Waals surface area contributed by atoms with Crippen molar-refractivity contribution in [2.45, 2.75) is 17.9 Å². The second-order valence-corrected chi connectivity index (χ2v) is 5.93. The lowest BCUT2D eigenvalue weighted by molar-refractivity contribution is 0.883. The summed E-state index contributed by atoms with van der Waals surface area (Å²) in [5.41, 5.74) is 1.99. The first-order valence-electron chi connectivity index (χ1n) is 5.96. The van der Waals surface area contributed by atoms with Crippen LogP contribution in [0.5, 0.6) is 0 Å². The number of halogens is 2. The Hall–Kier alpha value is -0.830. The summed E-state index contributed by atoms with van der Waals surface area (Å²) in [6, 6.07) is 14.1. The second kappa shape index (κ2) is 6.56. The average Bonchev–Trinajstić information content (AvgIpc) is 2.43. The molecule has 0 amide bonds. The molecule has 2 aromatic rings. The van der Waals surface area contributed by atoms with E-state index < -0.39 is 0 Å². The lowest BCUT2D eigenvalue weighted by Crippen LogP contribution is -2.07. The van der Waals surface area contributed by atoms with Crippen molar-refractivity contribution in [2.24, 2.45) is 0 Å². The molecule has 0 saturated carbocycles. The molecule has 2 rings (SSSR count). The third-order valence-electron chi connectivity index (χ3n) is 2.94. The van der Waals surface area contributed by atoms with E-state index in [1.54, 1.807) is 11.8 Å². The standard InChI is InChI=1S/C15H15Cl2NS/c1-10(11-6-8-12(19-2)9-7-11)18-15-13(16)4-3-5-14(15)17/h3-10,18H,1-2H3. The molecule has 100 valence electrons. The first-order valence-corrected chi connectivity index (χ1v) is 7.94. The zero-order valence-electron chi connectivity index (χ0n) is 10.8. The van der Waals surface area contributed by atoms with Crippen molar-refractivity contribution in [1.29, 1.82) is 0 Å². The predicted octanol–water partition coefficient (Wildman–Crippen LogP) is 5.89. The predicted molar refractivity (Wildman–Crippen MR) is 86.7 cm³/mol. The molecule has 1 N–H and O–H groups in total. The van der Waals surface area contributed by atoms with Gasteiger partial charge in [0.15, 0.2) is 0 Å². The van der Waals surface area contributed by atoms with Crippen LogP contribution >= 0.6 is 35.0 Å². The van der Waals surface area contributed by atoms with E-state index in [4.69, 9.17) is 23.2 Å². The topological polar surface area (TPSA) is 12.0 Å². The van der Waals surface area contributed by atoms with Crippen molar-refractivity contribution >= 4 is 40.7 Å². The van der Waals surface area contributed by atoms with Crippen LogP contribution in [0.2, 0.25) is 10.0 Å². The quantitative estimate of drug-likeness (QED) is 0.707. The molecule has 0 aromatic heterocycles. The van der Waals surface area contributed by atoms with Crippen LogP contribution in [-0.2, 0) is 0 Å². The zero-order chi connectivity index (χ0) is 13.8.